The molecule has 0 aliphatic rings. The van der Waals surface area contributed by atoms with Gasteiger partial charge in [-0.05, 0) is 17.7 Å². The standard InChI is InChI=1S/C12H14ClNOS/c1-15-12-4-2-10(3-5-12)8-16-9-11(13)6-7-14/h2-5,11H,6,8-9H2,1H3. The third kappa shape index (κ3) is 4.78. The Morgan fingerprint density at radius 1 is 1.44 bits per heavy atom. The van der Waals surface area contributed by atoms with Gasteiger partial charge in [0.1, 0.15) is 5.75 Å². The van der Waals surface area contributed by atoms with E-state index in [1.807, 2.05) is 24.3 Å². The summed E-state index contributed by atoms with van der Waals surface area (Å²) in [5.41, 5.74) is 1.24. The zero-order chi connectivity index (χ0) is 11.8. The number of halogens is 1. The topological polar surface area (TPSA) is 33.0 Å². The van der Waals surface area contributed by atoms with Gasteiger partial charge >= 0.3 is 0 Å². The maximum absolute atomic E-state index is 8.45. The first-order valence-electron chi connectivity index (χ1n) is 4.98. The number of rotatable bonds is 6. The predicted octanol–water partition coefficient (Wildman–Crippen LogP) is 3.45. The number of alkyl halides is 1. The molecule has 1 aromatic carbocycles. The molecule has 0 spiro atoms. The van der Waals surface area contributed by atoms with Gasteiger partial charge in [-0.3, -0.25) is 0 Å². The van der Waals surface area contributed by atoms with Crippen molar-refractivity contribution in [1.82, 2.24) is 0 Å². The lowest BCUT2D eigenvalue weighted by atomic mass is 10.2. The van der Waals surface area contributed by atoms with Crippen LogP contribution in [0.1, 0.15) is 12.0 Å². The van der Waals surface area contributed by atoms with Gasteiger partial charge in [0.2, 0.25) is 0 Å². The molecule has 0 aliphatic heterocycles. The molecule has 1 atom stereocenters. The van der Waals surface area contributed by atoms with Crippen molar-refractivity contribution < 1.29 is 4.74 Å². The van der Waals surface area contributed by atoms with Crippen LogP contribution in [0, 0.1) is 11.3 Å². The molecule has 0 aromatic heterocycles. The molecule has 0 saturated heterocycles. The number of benzene rings is 1. The Morgan fingerprint density at radius 2 is 2.12 bits per heavy atom. The SMILES string of the molecule is COc1ccc(CSCC(Cl)CC#N)cc1. The minimum atomic E-state index is -0.0479. The molecule has 1 aromatic rings. The highest BCUT2D eigenvalue weighted by Crippen LogP contribution is 2.19. The summed E-state index contributed by atoms with van der Waals surface area (Å²) in [6.45, 7) is 0. The van der Waals surface area contributed by atoms with Crippen molar-refractivity contribution in [1.29, 1.82) is 5.26 Å². The average Bonchev–Trinajstić information content (AvgIpc) is 2.30. The van der Waals surface area contributed by atoms with Crippen molar-refractivity contribution in [2.24, 2.45) is 0 Å². The van der Waals surface area contributed by atoms with Gasteiger partial charge in [-0.2, -0.15) is 17.0 Å². The minimum Gasteiger partial charge on any atom is -0.497 e. The van der Waals surface area contributed by atoms with Crippen molar-refractivity contribution >= 4 is 23.4 Å². The number of thioether (sulfide) groups is 1. The highest BCUT2D eigenvalue weighted by Gasteiger charge is 2.03. The third-order valence-corrected chi connectivity index (χ3v) is 3.71. The first-order valence-corrected chi connectivity index (χ1v) is 6.57. The lowest BCUT2D eigenvalue weighted by molar-refractivity contribution is 0.414. The van der Waals surface area contributed by atoms with Gasteiger partial charge in [0.05, 0.1) is 25.0 Å². The minimum absolute atomic E-state index is 0.0479. The molecule has 1 unspecified atom stereocenters. The van der Waals surface area contributed by atoms with Crippen molar-refractivity contribution in [3.8, 4) is 11.8 Å². The van der Waals surface area contributed by atoms with Crippen LogP contribution in [0.25, 0.3) is 0 Å². The molecule has 0 heterocycles. The fraction of sp³-hybridized carbons (Fsp3) is 0.417. The van der Waals surface area contributed by atoms with Crippen molar-refractivity contribution in [3.05, 3.63) is 29.8 Å². The summed E-state index contributed by atoms with van der Waals surface area (Å²) in [7, 11) is 1.66. The monoisotopic (exact) mass is 255 g/mol. The largest absolute Gasteiger partial charge is 0.497 e. The quantitative estimate of drug-likeness (QED) is 0.730. The van der Waals surface area contributed by atoms with Crippen molar-refractivity contribution in [3.63, 3.8) is 0 Å². The number of hydrogen-bond donors (Lipinski definition) is 0. The summed E-state index contributed by atoms with van der Waals surface area (Å²) >= 11 is 7.68. The molecule has 0 amide bonds. The van der Waals surface area contributed by atoms with Crippen LogP contribution in [-0.2, 0) is 5.75 Å². The summed E-state index contributed by atoms with van der Waals surface area (Å²) in [5.74, 6) is 2.59. The summed E-state index contributed by atoms with van der Waals surface area (Å²) in [6.07, 6.45) is 0.414. The van der Waals surface area contributed by atoms with Crippen LogP contribution in [0.3, 0.4) is 0 Å². The molecular weight excluding hydrogens is 242 g/mol. The number of nitrogens with zero attached hydrogens (tertiary/aromatic N) is 1. The number of hydrogen-bond acceptors (Lipinski definition) is 3. The van der Waals surface area contributed by atoms with E-state index in [9.17, 15) is 0 Å². The molecule has 1 rings (SSSR count). The first kappa shape index (κ1) is 13.2. The van der Waals surface area contributed by atoms with E-state index in [0.29, 0.717) is 6.42 Å². The maximum Gasteiger partial charge on any atom is 0.118 e. The molecule has 0 radical (unpaired) electrons. The van der Waals surface area contributed by atoms with Crippen LogP contribution in [0.15, 0.2) is 24.3 Å². The Kier molecular flexibility index (Phi) is 6.14. The van der Waals surface area contributed by atoms with E-state index in [4.69, 9.17) is 21.6 Å². The van der Waals surface area contributed by atoms with Gasteiger partial charge < -0.3 is 4.74 Å². The second kappa shape index (κ2) is 7.43. The second-order valence-electron chi connectivity index (χ2n) is 3.32. The first-order chi connectivity index (χ1) is 7.76. The van der Waals surface area contributed by atoms with E-state index in [2.05, 4.69) is 6.07 Å². The van der Waals surface area contributed by atoms with Gasteiger partial charge in [-0.15, -0.1) is 11.6 Å². The Labute approximate surface area is 106 Å². The molecule has 0 aliphatic carbocycles. The number of methoxy groups -OCH3 is 1. The molecule has 86 valence electrons. The van der Waals surface area contributed by atoms with Crippen molar-refractivity contribution in [2.75, 3.05) is 12.9 Å². The van der Waals surface area contributed by atoms with Crippen LogP contribution in [0.5, 0.6) is 5.75 Å². The average molecular weight is 256 g/mol. The fourth-order valence-electron chi connectivity index (χ4n) is 1.18. The molecular formula is C12H14ClNOS. The molecule has 0 saturated carbocycles. The molecule has 0 N–H and O–H groups in total. The summed E-state index contributed by atoms with van der Waals surface area (Å²) < 4.78 is 5.08. The van der Waals surface area contributed by atoms with E-state index in [-0.39, 0.29) is 5.38 Å². The van der Waals surface area contributed by atoms with Crippen LogP contribution in [0.4, 0.5) is 0 Å². The number of nitriles is 1. The van der Waals surface area contributed by atoms with E-state index in [1.165, 1.54) is 5.56 Å². The van der Waals surface area contributed by atoms with Gasteiger partial charge in [-0.1, -0.05) is 12.1 Å². The lowest BCUT2D eigenvalue weighted by Crippen LogP contribution is -2.00. The Bertz CT molecular complexity index is 347. The Balaban J connectivity index is 2.29. The Morgan fingerprint density at radius 3 is 2.69 bits per heavy atom. The van der Waals surface area contributed by atoms with E-state index >= 15 is 0 Å². The molecule has 16 heavy (non-hydrogen) atoms. The van der Waals surface area contributed by atoms with Crippen LogP contribution >= 0.6 is 23.4 Å². The second-order valence-corrected chi connectivity index (χ2v) is 4.97. The Hall–Kier alpha value is -0.850. The predicted molar refractivity (Wildman–Crippen MR) is 69.0 cm³/mol. The maximum atomic E-state index is 8.45. The zero-order valence-electron chi connectivity index (χ0n) is 9.15. The van der Waals surface area contributed by atoms with E-state index in [0.717, 1.165) is 17.3 Å². The lowest BCUT2D eigenvalue weighted by Gasteiger charge is -2.05. The van der Waals surface area contributed by atoms with Gasteiger partial charge in [0.15, 0.2) is 0 Å². The summed E-state index contributed by atoms with van der Waals surface area (Å²) in [6, 6.07) is 10.0. The highest BCUT2D eigenvalue weighted by atomic mass is 35.5. The van der Waals surface area contributed by atoms with Gasteiger partial charge in [-0.25, -0.2) is 0 Å². The van der Waals surface area contributed by atoms with E-state index in [1.54, 1.807) is 18.9 Å². The third-order valence-electron chi connectivity index (χ3n) is 2.04. The fourth-order valence-corrected chi connectivity index (χ4v) is 2.44. The highest BCUT2D eigenvalue weighted by molar-refractivity contribution is 7.98. The van der Waals surface area contributed by atoms with Crippen LogP contribution in [0.2, 0.25) is 0 Å². The smallest absolute Gasteiger partial charge is 0.118 e. The summed E-state index contributed by atoms with van der Waals surface area (Å²) in [5, 5.41) is 8.41. The normalized spacial score (nSPS) is 11.8. The summed E-state index contributed by atoms with van der Waals surface area (Å²) in [4.78, 5) is 0. The van der Waals surface area contributed by atoms with Gasteiger partial charge in [0.25, 0.3) is 0 Å². The molecule has 2 nitrogen and oxygen atoms in total. The molecule has 4 heteroatoms. The number of ether oxygens (including phenoxy) is 1. The van der Waals surface area contributed by atoms with Crippen molar-refractivity contribution in [2.45, 2.75) is 17.6 Å². The molecule has 0 bridgehead atoms. The van der Waals surface area contributed by atoms with Gasteiger partial charge in [0, 0.05) is 11.5 Å². The zero-order valence-corrected chi connectivity index (χ0v) is 10.7. The van der Waals surface area contributed by atoms with Crippen LogP contribution < -0.4 is 4.74 Å². The van der Waals surface area contributed by atoms with E-state index < -0.39 is 0 Å². The molecule has 0 fully saturated rings. The van der Waals surface area contributed by atoms with Crippen LogP contribution in [-0.4, -0.2) is 18.2 Å².